The number of hydrogen-bond acceptors (Lipinski definition) is 5. The van der Waals surface area contributed by atoms with Crippen LogP contribution >= 0.6 is 11.6 Å². The highest BCUT2D eigenvalue weighted by atomic mass is 35.5. The topological polar surface area (TPSA) is 73.3 Å². The quantitative estimate of drug-likeness (QED) is 0.531. The van der Waals surface area contributed by atoms with Crippen LogP contribution in [0.4, 0.5) is 0 Å². The molecule has 2 aromatic rings. The van der Waals surface area contributed by atoms with Gasteiger partial charge in [0.15, 0.2) is 17.5 Å². The van der Waals surface area contributed by atoms with Crippen LogP contribution in [0.15, 0.2) is 35.3 Å². The molecule has 0 atom stereocenters. The molecule has 2 N–H and O–H groups in total. The van der Waals surface area contributed by atoms with E-state index in [1.54, 1.807) is 21.3 Å². The second-order valence-electron chi connectivity index (χ2n) is 6.38. The Hall–Kier alpha value is -2.80. The van der Waals surface area contributed by atoms with Crippen molar-refractivity contribution in [3.05, 3.63) is 46.5 Å². The van der Waals surface area contributed by atoms with E-state index in [-0.39, 0.29) is 0 Å². The summed E-state index contributed by atoms with van der Waals surface area (Å²) in [6, 6.07) is 9.62. The summed E-state index contributed by atoms with van der Waals surface area (Å²) >= 11 is 6.30. The third-order valence-electron chi connectivity index (χ3n) is 4.53. The number of nitrogens with one attached hydrogen (secondary N) is 2. The van der Waals surface area contributed by atoms with Crippen molar-refractivity contribution in [2.24, 2.45) is 4.99 Å². The van der Waals surface area contributed by atoms with Crippen LogP contribution in [0.1, 0.15) is 11.1 Å². The van der Waals surface area contributed by atoms with Crippen molar-refractivity contribution in [2.45, 2.75) is 13.0 Å². The lowest BCUT2D eigenvalue weighted by Crippen LogP contribution is -2.37. The fraction of sp³-hybridized carbons (Fsp3) is 0.381. The van der Waals surface area contributed by atoms with Gasteiger partial charge in [0, 0.05) is 31.8 Å². The van der Waals surface area contributed by atoms with Crippen molar-refractivity contribution in [3.8, 4) is 23.0 Å². The molecule has 7 nitrogen and oxygen atoms in total. The first-order valence-electron chi connectivity index (χ1n) is 9.38. The minimum absolute atomic E-state index is 0.522. The molecule has 29 heavy (non-hydrogen) atoms. The lowest BCUT2D eigenvalue weighted by molar-refractivity contribution is 0.171. The number of methoxy groups -OCH3 is 2. The Labute approximate surface area is 176 Å². The van der Waals surface area contributed by atoms with Crippen LogP contribution in [0, 0.1) is 0 Å². The average Bonchev–Trinajstić information content (AvgIpc) is 2.76. The SMILES string of the molecule is CN=C(NCCc1cc(Cl)c2c(c1)OCCO2)NCc1ccc(OC)cc1OC. The summed E-state index contributed by atoms with van der Waals surface area (Å²) in [6.45, 7) is 2.32. The Morgan fingerprint density at radius 3 is 2.69 bits per heavy atom. The Kier molecular flexibility index (Phi) is 7.30. The average molecular weight is 420 g/mol. The van der Waals surface area contributed by atoms with Gasteiger partial charge in [-0.05, 0) is 36.2 Å². The first-order chi connectivity index (χ1) is 14.1. The molecule has 0 saturated heterocycles. The molecule has 0 aromatic heterocycles. The minimum Gasteiger partial charge on any atom is -0.497 e. The molecular formula is C21H26ClN3O4. The highest BCUT2D eigenvalue weighted by Crippen LogP contribution is 2.38. The standard InChI is InChI=1S/C21H26ClN3O4/c1-23-21(25-13-15-4-5-16(26-2)12-18(15)27-3)24-7-6-14-10-17(22)20-19(11-14)28-8-9-29-20/h4-5,10-12H,6-9,13H2,1-3H3,(H2,23,24,25). The first-order valence-corrected chi connectivity index (χ1v) is 9.76. The van der Waals surface area contributed by atoms with Crippen LogP contribution < -0.4 is 29.6 Å². The third-order valence-corrected chi connectivity index (χ3v) is 4.81. The molecule has 2 aromatic carbocycles. The Balaban J connectivity index is 1.53. The highest BCUT2D eigenvalue weighted by molar-refractivity contribution is 6.32. The van der Waals surface area contributed by atoms with E-state index in [1.165, 1.54) is 0 Å². The van der Waals surface area contributed by atoms with Crippen molar-refractivity contribution in [1.82, 2.24) is 10.6 Å². The maximum Gasteiger partial charge on any atom is 0.191 e. The van der Waals surface area contributed by atoms with Crippen LogP contribution in [0.5, 0.6) is 23.0 Å². The van der Waals surface area contributed by atoms with E-state index >= 15 is 0 Å². The third kappa shape index (κ3) is 5.38. The molecule has 0 bridgehead atoms. The highest BCUT2D eigenvalue weighted by Gasteiger charge is 2.16. The largest absolute Gasteiger partial charge is 0.497 e. The van der Waals surface area contributed by atoms with E-state index in [2.05, 4.69) is 15.6 Å². The number of guanidine groups is 1. The Bertz CT molecular complexity index is 873. The van der Waals surface area contributed by atoms with Gasteiger partial charge in [-0.15, -0.1) is 0 Å². The minimum atomic E-state index is 0.522. The molecule has 0 radical (unpaired) electrons. The molecule has 0 spiro atoms. The molecule has 0 amide bonds. The van der Waals surface area contributed by atoms with E-state index in [0.29, 0.717) is 48.8 Å². The molecule has 0 unspecified atom stereocenters. The number of rotatable bonds is 7. The summed E-state index contributed by atoms with van der Waals surface area (Å²) in [5.74, 6) is 3.55. The zero-order chi connectivity index (χ0) is 20.6. The fourth-order valence-corrected chi connectivity index (χ4v) is 3.32. The molecule has 1 aliphatic rings. The monoisotopic (exact) mass is 419 g/mol. The summed E-state index contributed by atoms with van der Waals surface area (Å²) < 4.78 is 21.9. The number of ether oxygens (including phenoxy) is 4. The van der Waals surface area contributed by atoms with Crippen molar-refractivity contribution in [3.63, 3.8) is 0 Å². The molecule has 1 aliphatic heterocycles. The summed E-state index contributed by atoms with van der Waals surface area (Å²) in [7, 11) is 5.01. The summed E-state index contributed by atoms with van der Waals surface area (Å²) in [4.78, 5) is 4.27. The fourth-order valence-electron chi connectivity index (χ4n) is 3.03. The lowest BCUT2D eigenvalue weighted by Gasteiger charge is -2.20. The molecular weight excluding hydrogens is 394 g/mol. The van der Waals surface area contributed by atoms with Crippen molar-refractivity contribution < 1.29 is 18.9 Å². The van der Waals surface area contributed by atoms with E-state index in [0.717, 1.165) is 29.0 Å². The van der Waals surface area contributed by atoms with Gasteiger partial charge in [0.05, 0.1) is 19.2 Å². The van der Waals surface area contributed by atoms with E-state index < -0.39 is 0 Å². The predicted molar refractivity (Wildman–Crippen MR) is 114 cm³/mol. The molecule has 3 rings (SSSR count). The number of aliphatic imine (C=N–C) groups is 1. The predicted octanol–water partition coefficient (Wildman–Crippen LogP) is 3.04. The van der Waals surface area contributed by atoms with Gasteiger partial charge in [0.1, 0.15) is 24.7 Å². The van der Waals surface area contributed by atoms with Gasteiger partial charge in [-0.1, -0.05) is 11.6 Å². The zero-order valence-electron chi connectivity index (χ0n) is 16.9. The van der Waals surface area contributed by atoms with Gasteiger partial charge < -0.3 is 29.6 Å². The van der Waals surface area contributed by atoms with Crippen LogP contribution in [-0.2, 0) is 13.0 Å². The summed E-state index contributed by atoms with van der Waals surface area (Å²) in [5.41, 5.74) is 2.08. The van der Waals surface area contributed by atoms with Gasteiger partial charge in [-0.25, -0.2) is 0 Å². The van der Waals surface area contributed by atoms with Gasteiger partial charge >= 0.3 is 0 Å². The second-order valence-corrected chi connectivity index (χ2v) is 6.79. The number of halogens is 1. The van der Waals surface area contributed by atoms with E-state index in [4.69, 9.17) is 30.5 Å². The second kappa shape index (κ2) is 10.1. The summed E-state index contributed by atoms with van der Waals surface area (Å²) in [5, 5.41) is 7.17. The first kappa shape index (κ1) is 20.9. The number of fused-ring (bicyclic) bond motifs is 1. The van der Waals surface area contributed by atoms with Crippen molar-refractivity contribution in [2.75, 3.05) is 41.0 Å². The van der Waals surface area contributed by atoms with E-state index in [1.807, 2.05) is 30.3 Å². The molecule has 8 heteroatoms. The van der Waals surface area contributed by atoms with Gasteiger partial charge in [-0.3, -0.25) is 4.99 Å². The Morgan fingerprint density at radius 2 is 1.93 bits per heavy atom. The zero-order valence-corrected chi connectivity index (χ0v) is 17.6. The van der Waals surface area contributed by atoms with Crippen LogP contribution in [0.25, 0.3) is 0 Å². The maximum absolute atomic E-state index is 6.30. The number of nitrogens with zero attached hydrogens (tertiary/aromatic N) is 1. The normalized spacial score (nSPS) is 13.0. The van der Waals surface area contributed by atoms with Crippen molar-refractivity contribution >= 4 is 17.6 Å². The lowest BCUT2D eigenvalue weighted by atomic mass is 10.1. The smallest absolute Gasteiger partial charge is 0.191 e. The molecule has 0 saturated carbocycles. The van der Waals surface area contributed by atoms with Crippen LogP contribution in [-0.4, -0.2) is 47.0 Å². The van der Waals surface area contributed by atoms with Gasteiger partial charge in [0.25, 0.3) is 0 Å². The van der Waals surface area contributed by atoms with Crippen LogP contribution in [0.3, 0.4) is 0 Å². The number of hydrogen-bond donors (Lipinski definition) is 2. The molecule has 0 fully saturated rings. The number of benzene rings is 2. The maximum atomic E-state index is 6.30. The van der Waals surface area contributed by atoms with Crippen molar-refractivity contribution in [1.29, 1.82) is 0 Å². The van der Waals surface area contributed by atoms with Gasteiger partial charge in [0.2, 0.25) is 0 Å². The molecule has 156 valence electrons. The molecule has 0 aliphatic carbocycles. The van der Waals surface area contributed by atoms with Crippen LogP contribution in [0.2, 0.25) is 5.02 Å². The molecule has 1 heterocycles. The van der Waals surface area contributed by atoms with Gasteiger partial charge in [-0.2, -0.15) is 0 Å². The summed E-state index contributed by atoms with van der Waals surface area (Å²) in [6.07, 6.45) is 0.767. The van der Waals surface area contributed by atoms with E-state index in [9.17, 15) is 0 Å². The Morgan fingerprint density at radius 1 is 1.10 bits per heavy atom.